The van der Waals surface area contributed by atoms with Gasteiger partial charge in [-0.05, 0) is 45.7 Å². The first-order chi connectivity index (χ1) is 11.6. The number of carbonyl (C=O) groups is 1. The van der Waals surface area contributed by atoms with Crippen molar-refractivity contribution in [3.05, 3.63) is 18.0 Å². The van der Waals surface area contributed by atoms with Crippen molar-refractivity contribution in [1.29, 1.82) is 0 Å². The van der Waals surface area contributed by atoms with Crippen LogP contribution in [-0.4, -0.2) is 75.7 Å². The zero-order chi connectivity index (χ0) is 17.0. The number of aromatic nitrogens is 2. The lowest BCUT2D eigenvalue weighted by atomic mass is 9.90. The number of nitrogens with one attached hydrogen (secondary N) is 1. The van der Waals surface area contributed by atoms with Gasteiger partial charge < -0.3 is 20.2 Å². The number of rotatable bonds is 5. The third-order valence-corrected chi connectivity index (χ3v) is 4.93. The van der Waals surface area contributed by atoms with Crippen molar-refractivity contribution >= 4 is 11.9 Å². The monoisotopic (exact) mass is 333 g/mol. The van der Waals surface area contributed by atoms with Crippen molar-refractivity contribution in [3.63, 3.8) is 0 Å². The number of anilines is 1. The minimum absolute atomic E-state index is 0.0544. The minimum Gasteiger partial charge on any atom is -0.388 e. The van der Waals surface area contributed by atoms with E-state index in [9.17, 15) is 9.90 Å². The first-order valence-electron chi connectivity index (χ1n) is 8.89. The molecule has 1 aromatic rings. The number of nitrogens with zero attached hydrogens (tertiary/aromatic N) is 4. The van der Waals surface area contributed by atoms with Crippen molar-refractivity contribution in [3.8, 4) is 0 Å². The summed E-state index contributed by atoms with van der Waals surface area (Å²) in [5.74, 6) is 0.481. The Morgan fingerprint density at radius 2 is 1.83 bits per heavy atom. The topological polar surface area (TPSA) is 81.6 Å². The van der Waals surface area contributed by atoms with E-state index in [-0.39, 0.29) is 5.91 Å². The lowest BCUT2D eigenvalue weighted by molar-refractivity contribution is -0.0367. The lowest BCUT2D eigenvalue weighted by Gasteiger charge is -2.40. The largest absolute Gasteiger partial charge is 0.388 e. The Morgan fingerprint density at radius 1 is 1.21 bits per heavy atom. The zero-order valence-electron chi connectivity index (χ0n) is 14.4. The molecule has 7 nitrogen and oxygen atoms in total. The number of amides is 1. The number of piperidine rings is 1. The van der Waals surface area contributed by atoms with Crippen molar-refractivity contribution in [2.75, 3.05) is 44.6 Å². The van der Waals surface area contributed by atoms with Gasteiger partial charge in [0, 0.05) is 38.6 Å². The van der Waals surface area contributed by atoms with Crippen molar-refractivity contribution < 1.29 is 9.90 Å². The second kappa shape index (κ2) is 7.44. The van der Waals surface area contributed by atoms with E-state index >= 15 is 0 Å². The summed E-state index contributed by atoms with van der Waals surface area (Å²) < 4.78 is 0. The van der Waals surface area contributed by atoms with Gasteiger partial charge in [-0.1, -0.05) is 0 Å². The van der Waals surface area contributed by atoms with E-state index in [0.29, 0.717) is 37.4 Å². The molecule has 0 saturated carbocycles. The zero-order valence-corrected chi connectivity index (χ0v) is 14.4. The van der Waals surface area contributed by atoms with Crippen molar-refractivity contribution in [1.82, 2.24) is 19.8 Å². The Morgan fingerprint density at radius 3 is 2.42 bits per heavy atom. The van der Waals surface area contributed by atoms with Gasteiger partial charge >= 0.3 is 0 Å². The van der Waals surface area contributed by atoms with Gasteiger partial charge in [0.05, 0.1) is 11.2 Å². The van der Waals surface area contributed by atoms with Crippen LogP contribution in [0.25, 0.3) is 0 Å². The number of hydrogen-bond acceptors (Lipinski definition) is 6. The first kappa shape index (κ1) is 17.1. The highest BCUT2D eigenvalue weighted by Crippen LogP contribution is 2.25. The predicted molar refractivity (Wildman–Crippen MR) is 92.0 cm³/mol. The fourth-order valence-electron chi connectivity index (χ4n) is 3.51. The molecule has 2 aliphatic rings. The van der Waals surface area contributed by atoms with E-state index in [0.717, 1.165) is 26.2 Å². The summed E-state index contributed by atoms with van der Waals surface area (Å²) in [6, 6.07) is 0. The third kappa shape index (κ3) is 4.02. The average molecular weight is 333 g/mol. The Kier molecular flexibility index (Phi) is 5.30. The molecule has 0 radical (unpaired) electrons. The van der Waals surface area contributed by atoms with Gasteiger partial charge in [0.25, 0.3) is 5.91 Å². The predicted octanol–water partition coefficient (Wildman–Crippen LogP) is 0.971. The number of β-amino-alcohol motifs (C(OH)–C–C–N with tert-alkyl or cyclic N) is 1. The lowest BCUT2D eigenvalue weighted by Crippen LogP contribution is -2.51. The molecule has 0 unspecified atom stereocenters. The Bertz CT molecular complexity index is 549. The van der Waals surface area contributed by atoms with Gasteiger partial charge in [0.2, 0.25) is 5.95 Å². The molecule has 24 heavy (non-hydrogen) atoms. The van der Waals surface area contributed by atoms with E-state index < -0.39 is 5.60 Å². The summed E-state index contributed by atoms with van der Waals surface area (Å²) >= 11 is 0. The summed E-state index contributed by atoms with van der Waals surface area (Å²) in [4.78, 5) is 25.0. The van der Waals surface area contributed by atoms with Crippen LogP contribution < -0.4 is 5.32 Å². The maximum atomic E-state index is 12.6. The summed E-state index contributed by atoms with van der Waals surface area (Å²) in [6.07, 6.45) is 6.85. The van der Waals surface area contributed by atoms with Gasteiger partial charge in [-0.3, -0.25) is 4.79 Å². The molecule has 2 N–H and O–H groups in total. The van der Waals surface area contributed by atoms with Gasteiger partial charge in [-0.15, -0.1) is 0 Å². The highest BCUT2D eigenvalue weighted by atomic mass is 16.3. The highest BCUT2D eigenvalue weighted by molar-refractivity contribution is 5.93. The molecule has 132 valence electrons. The van der Waals surface area contributed by atoms with E-state index in [4.69, 9.17) is 0 Å². The van der Waals surface area contributed by atoms with Crippen molar-refractivity contribution in [2.45, 2.75) is 38.2 Å². The second-order valence-corrected chi connectivity index (χ2v) is 6.83. The number of aliphatic hydroxyl groups is 1. The molecule has 2 aliphatic heterocycles. The molecular weight excluding hydrogens is 306 g/mol. The Labute approximate surface area is 143 Å². The fraction of sp³-hybridized carbons (Fsp3) is 0.706. The number of hydrogen-bond donors (Lipinski definition) is 2. The van der Waals surface area contributed by atoms with Crippen LogP contribution in [0.2, 0.25) is 0 Å². The Balaban J connectivity index is 1.54. The molecule has 7 heteroatoms. The van der Waals surface area contributed by atoms with E-state index in [1.165, 1.54) is 12.8 Å². The second-order valence-electron chi connectivity index (χ2n) is 6.83. The maximum Gasteiger partial charge on any atom is 0.256 e. The molecule has 2 fully saturated rings. The number of likely N-dealkylation sites (tertiary alicyclic amines) is 2. The van der Waals surface area contributed by atoms with Crippen LogP contribution in [0.3, 0.4) is 0 Å². The van der Waals surface area contributed by atoms with Crippen LogP contribution in [0, 0.1) is 0 Å². The summed E-state index contributed by atoms with van der Waals surface area (Å²) in [6.45, 7) is 6.78. The van der Waals surface area contributed by atoms with Crippen LogP contribution in [-0.2, 0) is 0 Å². The molecule has 3 heterocycles. The number of carbonyl (C=O) groups excluding carboxylic acids is 1. The highest BCUT2D eigenvalue weighted by Gasteiger charge is 2.36. The van der Waals surface area contributed by atoms with Crippen molar-refractivity contribution in [2.24, 2.45) is 0 Å². The molecule has 0 bridgehead atoms. The molecule has 2 saturated heterocycles. The summed E-state index contributed by atoms with van der Waals surface area (Å²) in [5.41, 5.74) is -0.159. The minimum atomic E-state index is -0.660. The fourth-order valence-corrected chi connectivity index (χ4v) is 3.51. The standard InChI is InChI=1S/C17H27N5O2/c1-2-18-16-19-11-14(12-20-16)15(23)22-9-5-17(24,6-10-22)13-21-7-3-4-8-21/h11-12,24H,2-10,13H2,1H3,(H,18,19,20). The first-order valence-corrected chi connectivity index (χ1v) is 8.89. The van der Waals surface area contributed by atoms with Gasteiger partial charge in [0.15, 0.2) is 0 Å². The smallest absolute Gasteiger partial charge is 0.256 e. The SMILES string of the molecule is CCNc1ncc(C(=O)N2CCC(O)(CN3CCCC3)CC2)cn1. The van der Waals surface area contributed by atoms with Crippen LogP contribution in [0.5, 0.6) is 0 Å². The summed E-state index contributed by atoms with van der Waals surface area (Å²) in [7, 11) is 0. The van der Waals surface area contributed by atoms with Gasteiger partial charge in [0.1, 0.15) is 0 Å². The van der Waals surface area contributed by atoms with Crippen LogP contribution in [0.4, 0.5) is 5.95 Å². The summed E-state index contributed by atoms with van der Waals surface area (Å²) in [5, 5.41) is 13.8. The molecule has 0 atom stereocenters. The molecule has 0 spiro atoms. The van der Waals surface area contributed by atoms with Crippen LogP contribution >= 0.6 is 0 Å². The van der Waals surface area contributed by atoms with Gasteiger partial charge in [-0.25, -0.2) is 9.97 Å². The maximum absolute atomic E-state index is 12.6. The van der Waals surface area contributed by atoms with E-state index in [2.05, 4.69) is 20.2 Å². The average Bonchev–Trinajstić information content (AvgIpc) is 3.08. The van der Waals surface area contributed by atoms with Crippen LogP contribution in [0.15, 0.2) is 12.4 Å². The molecule has 1 aromatic heterocycles. The van der Waals surface area contributed by atoms with E-state index in [1.807, 2.05) is 6.92 Å². The molecule has 0 aliphatic carbocycles. The molecule has 0 aromatic carbocycles. The molecule has 1 amide bonds. The molecule has 3 rings (SSSR count). The van der Waals surface area contributed by atoms with E-state index in [1.54, 1.807) is 17.3 Å². The molecular formula is C17H27N5O2. The third-order valence-electron chi connectivity index (χ3n) is 4.93. The van der Waals surface area contributed by atoms with Gasteiger partial charge in [-0.2, -0.15) is 0 Å². The normalized spacial score (nSPS) is 21.0. The van der Waals surface area contributed by atoms with Crippen LogP contribution in [0.1, 0.15) is 43.0 Å². The Hall–Kier alpha value is -1.73. The quantitative estimate of drug-likeness (QED) is 0.836.